The Bertz CT molecular complexity index is 788. The standard InChI is InChI=1S/C24H30N2O2/c1-18(2)21-7-4-20(5-8-21)6-13-24(27)25-19(3)22-9-11-23(12-10-22)26-14-16-28-17-15-26/h4-13,18-19H,14-17H2,1-3H3,(H,25,27)/b13-6+. The van der Waals surface area contributed by atoms with Gasteiger partial charge in [0.1, 0.15) is 0 Å². The second-order valence-electron chi connectivity index (χ2n) is 7.58. The summed E-state index contributed by atoms with van der Waals surface area (Å²) < 4.78 is 5.40. The summed E-state index contributed by atoms with van der Waals surface area (Å²) in [5, 5.41) is 3.04. The third-order valence-electron chi connectivity index (χ3n) is 5.16. The van der Waals surface area contributed by atoms with Gasteiger partial charge in [0.2, 0.25) is 5.91 Å². The van der Waals surface area contributed by atoms with Gasteiger partial charge in [-0.15, -0.1) is 0 Å². The SMILES string of the molecule is CC(C)c1ccc(/C=C/C(=O)NC(C)c2ccc(N3CCOCC3)cc2)cc1. The van der Waals surface area contributed by atoms with Crippen LogP contribution in [0.2, 0.25) is 0 Å². The minimum absolute atomic E-state index is 0.0424. The van der Waals surface area contributed by atoms with Crippen molar-refractivity contribution in [1.29, 1.82) is 0 Å². The van der Waals surface area contributed by atoms with Crippen LogP contribution in [0.3, 0.4) is 0 Å². The topological polar surface area (TPSA) is 41.6 Å². The fourth-order valence-electron chi connectivity index (χ4n) is 3.30. The molecular formula is C24H30N2O2. The van der Waals surface area contributed by atoms with E-state index in [4.69, 9.17) is 4.74 Å². The highest BCUT2D eigenvalue weighted by atomic mass is 16.5. The van der Waals surface area contributed by atoms with E-state index in [1.165, 1.54) is 11.3 Å². The Hall–Kier alpha value is -2.59. The fraction of sp³-hybridized carbons (Fsp3) is 0.375. The molecule has 1 amide bonds. The number of morpholine rings is 1. The lowest BCUT2D eigenvalue weighted by atomic mass is 10.0. The number of rotatable bonds is 6. The molecule has 1 unspecified atom stereocenters. The van der Waals surface area contributed by atoms with E-state index in [9.17, 15) is 4.79 Å². The van der Waals surface area contributed by atoms with Crippen LogP contribution in [-0.2, 0) is 9.53 Å². The number of carbonyl (C=O) groups excluding carboxylic acids is 1. The van der Waals surface area contributed by atoms with Crippen LogP contribution in [0, 0.1) is 0 Å². The van der Waals surface area contributed by atoms with Crippen molar-refractivity contribution in [2.45, 2.75) is 32.7 Å². The van der Waals surface area contributed by atoms with Gasteiger partial charge in [0.15, 0.2) is 0 Å². The Morgan fingerprint density at radius 3 is 2.18 bits per heavy atom. The van der Waals surface area contributed by atoms with Gasteiger partial charge >= 0.3 is 0 Å². The van der Waals surface area contributed by atoms with E-state index in [0.29, 0.717) is 5.92 Å². The van der Waals surface area contributed by atoms with Crippen molar-refractivity contribution >= 4 is 17.7 Å². The maximum absolute atomic E-state index is 12.3. The summed E-state index contributed by atoms with van der Waals surface area (Å²) in [6, 6.07) is 16.7. The van der Waals surface area contributed by atoms with Gasteiger partial charge in [-0.2, -0.15) is 0 Å². The van der Waals surface area contributed by atoms with Gasteiger partial charge in [-0.05, 0) is 47.7 Å². The molecule has 1 fully saturated rings. The number of nitrogens with one attached hydrogen (secondary N) is 1. The molecule has 3 rings (SSSR count). The third-order valence-corrected chi connectivity index (χ3v) is 5.16. The van der Waals surface area contributed by atoms with Crippen LogP contribution in [0.4, 0.5) is 5.69 Å². The Labute approximate surface area is 168 Å². The van der Waals surface area contributed by atoms with Crippen molar-refractivity contribution in [2.75, 3.05) is 31.2 Å². The highest BCUT2D eigenvalue weighted by molar-refractivity contribution is 5.92. The first kappa shape index (κ1) is 20.2. The van der Waals surface area contributed by atoms with Crippen LogP contribution in [0.5, 0.6) is 0 Å². The van der Waals surface area contributed by atoms with Crippen LogP contribution in [0.25, 0.3) is 6.08 Å². The smallest absolute Gasteiger partial charge is 0.244 e. The molecule has 4 nitrogen and oxygen atoms in total. The molecule has 2 aromatic carbocycles. The molecule has 1 saturated heterocycles. The summed E-state index contributed by atoms with van der Waals surface area (Å²) in [5.41, 5.74) is 4.63. The average Bonchev–Trinajstić information content (AvgIpc) is 2.73. The predicted molar refractivity (Wildman–Crippen MR) is 116 cm³/mol. The van der Waals surface area contributed by atoms with Gasteiger partial charge in [-0.1, -0.05) is 50.2 Å². The predicted octanol–water partition coefficient (Wildman–Crippen LogP) is 4.54. The Morgan fingerprint density at radius 2 is 1.57 bits per heavy atom. The Morgan fingerprint density at radius 1 is 0.964 bits per heavy atom. The van der Waals surface area contributed by atoms with Crippen LogP contribution < -0.4 is 10.2 Å². The van der Waals surface area contributed by atoms with Crippen molar-refractivity contribution in [2.24, 2.45) is 0 Å². The molecule has 4 heteroatoms. The molecule has 0 aromatic heterocycles. The first-order valence-electron chi connectivity index (χ1n) is 10.0. The number of hydrogen-bond donors (Lipinski definition) is 1. The molecule has 1 atom stereocenters. The number of benzene rings is 2. The van der Waals surface area contributed by atoms with E-state index in [1.807, 2.05) is 25.1 Å². The third kappa shape index (κ3) is 5.46. The normalized spacial score (nSPS) is 15.8. The molecule has 1 aliphatic rings. The largest absolute Gasteiger partial charge is 0.378 e. The molecular weight excluding hydrogens is 348 g/mol. The van der Waals surface area contributed by atoms with Crippen LogP contribution >= 0.6 is 0 Å². The maximum atomic E-state index is 12.3. The lowest BCUT2D eigenvalue weighted by molar-refractivity contribution is -0.117. The van der Waals surface area contributed by atoms with Gasteiger partial charge in [-0.3, -0.25) is 4.79 Å². The highest BCUT2D eigenvalue weighted by Crippen LogP contribution is 2.20. The zero-order valence-electron chi connectivity index (χ0n) is 17.0. The van der Waals surface area contributed by atoms with Crippen molar-refractivity contribution in [1.82, 2.24) is 5.32 Å². The minimum atomic E-state index is -0.0855. The van der Waals surface area contributed by atoms with Gasteiger partial charge < -0.3 is 15.0 Å². The quantitative estimate of drug-likeness (QED) is 0.751. The molecule has 1 N–H and O–H groups in total. The maximum Gasteiger partial charge on any atom is 0.244 e. The van der Waals surface area contributed by atoms with Crippen molar-refractivity contribution < 1.29 is 9.53 Å². The van der Waals surface area contributed by atoms with E-state index in [2.05, 4.69) is 60.5 Å². The van der Waals surface area contributed by atoms with Crippen LogP contribution in [0.15, 0.2) is 54.6 Å². The molecule has 0 spiro atoms. The highest BCUT2D eigenvalue weighted by Gasteiger charge is 2.12. The zero-order chi connectivity index (χ0) is 19.9. The minimum Gasteiger partial charge on any atom is -0.378 e. The van der Waals surface area contributed by atoms with Crippen molar-refractivity contribution in [3.05, 3.63) is 71.3 Å². The second-order valence-corrected chi connectivity index (χ2v) is 7.58. The summed E-state index contributed by atoms with van der Waals surface area (Å²) in [4.78, 5) is 14.6. The summed E-state index contributed by atoms with van der Waals surface area (Å²) in [6.07, 6.45) is 3.46. The summed E-state index contributed by atoms with van der Waals surface area (Å²) in [6.45, 7) is 9.76. The molecule has 1 aliphatic heterocycles. The number of ether oxygens (including phenoxy) is 1. The van der Waals surface area contributed by atoms with E-state index in [-0.39, 0.29) is 11.9 Å². The van der Waals surface area contributed by atoms with Gasteiger partial charge in [-0.25, -0.2) is 0 Å². The second kappa shape index (κ2) is 9.56. The monoisotopic (exact) mass is 378 g/mol. The summed E-state index contributed by atoms with van der Waals surface area (Å²) in [5.74, 6) is 0.425. The number of amides is 1. The van der Waals surface area contributed by atoms with Gasteiger partial charge in [0, 0.05) is 24.9 Å². The molecule has 148 valence electrons. The number of anilines is 1. The number of carbonyl (C=O) groups is 1. The summed E-state index contributed by atoms with van der Waals surface area (Å²) >= 11 is 0. The van der Waals surface area contributed by atoms with E-state index in [1.54, 1.807) is 6.08 Å². The lowest BCUT2D eigenvalue weighted by Crippen LogP contribution is -2.36. The molecule has 1 heterocycles. The molecule has 0 saturated carbocycles. The average molecular weight is 379 g/mol. The fourth-order valence-corrected chi connectivity index (χ4v) is 3.30. The van der Waals surface area contributed by atoms with Gasteiger partial charge in [0.05, 0.1) is 19.3 Å². The number of nitrogens with zero attached hydrogens (tertiary/aromatic N) is 1. The molecule has 2 aromatic rings. The van der Waals surface area contributed by atoms with E-state index < -0.39 is 0 Å². The van der Waals surface area contributed by atoms with Gasteiger partial charge in [0.25, 0.3) is 0 Å². The molecule has 0 radical (unpaired) electrons. The van der Waals surface area contributed by atoms with Crippen LogP contribution in [-0.4, -0.2) is 32.2 Å². The van der Waals surface area contributed by atoms with E-state index in [0.717, 1.165) is 37.4 Å². The first-order valence-corrected chi connectivity index (χ1v) is 10.0. The van der Waals surface area contributed by atoms with Crippen LogP contribution in [0.1, 0.15) is 49.4 Å². The lowest BCUT2D eigenvalue weighted by Gasteiger charge is -2.29. The van der Waals surface area contributed by atoms with E-state index >= 15 is 0 Å². The Kier molecular flexibility index (Phi) is 6.88. The summed E-state index contributed by atoms with van der Waals surface area (Å²) in [7, 11) is 0. The Balaban J connectivity index is 1.54. The molecule has 28 heavy (non-hydrogen) atoms. The van der Waals surface area contributed by atoms with Crippen molar-refractivity contribution in [3.8, 4) is 0 Å². The molecule has 0 bridgehead atoms. The number of hydrogen-bond acceptors (Lipinski definition) is 3. The zero-order valence-corrected chi connectivity index (χ0v) is 17.0. The van der Waals surface area contributed by atoms with Crippen molar-refractivity contribution in [3.63, 3.8) is 0 Å². The first-order chi connectivity index (χ1) is 13.5. The molecule has 0 aliphatic carbocycles.